The molecule has 1 aliphatic heterocycles. The summed E-state index contributed by atoms with van der Waals surface area (Å²) in [6.45, 7) is 1.15. The van der Waals surface area contributed by atoms with Crippen LogP contribution in [0.2, 0.25) is 5.02 Å². The number of hydrogen-bond acceptors (Lipinski definition) is 3. The summed E-state index contributed by atoms with van der Waals surface area (Å²) in [6, 6.07) is 16.2. The highest BCUT2D eigenvalue weighted by Crippen LogP contribution is 2.23. The minimum atomic E-state index is -0.541. The van der Waals surface area contributed by atoms with E-state index in [4.69, 9.17) is 17.3 Å². The van der Waals surface area contributed by atoms with Gasteiger partial charge < -0.3 is 10.6 Å². The van der Waals surface area contributed by atoms with Crippen molar-refractivity contribution in [2.75, 3.05) is 13.1 Å². The molecule has 1 aliphatic rings. The van der Waals surface area contributed by atoms with E-state index in [1.54, 1.807) is 29.2 Å². The average molecular weight is 407 g/mol. The minimum absolute atomic E-state index is 0. The molecular formula is C21H24Cl2N2O2. The first-order valence-electron chi connectivity index (χ1n) is 8.92. The Bertz CT molecular complexity index is 758. The van der Waals surface area contributed by atoms with Crippen molar-refractivity contribution in [1.29, 1.82) is 0 Å². The Morgan fingerprint density at radius 2 is 1.63 bits per heavy atom. The molecule has 27 heavy (non-hydrogen) atoms. The molecule has 0 aromatic heterocycles. The van der Waals surface area contributed by atoms with Gasteiger partial charge in [0.25, 0.3) is 0 Å². The van der Waals surface area contributed by atoms with E-state index in [1.807, 2.05) is 30.3 Å². The lowest BCUT2D eigenvalue weighted by Gasteiger charge is -2.33. The van der Waals surface area contributed by atoms with Gasteiger partial charge in [-0.2, -0.15) is 0 Å². The van der Waals surface area contributed by atoms with Crippen molar-refractivity contribution in [3.63, 3.8) is 0 Å². The summed E-state index contributed by atoms with van der Waals surface area (Å²) in [5, 5.41) is 0.620. The number of benzene rings is 2. The highest BCUT2D eigenvalue weighted by molar-refractivity contribution is 6.30. The molecule has 0 bridgehead atoms. The zero-order chi connectivity index (χ0) is 18.5. The first kappa shape index (κ1) is 21.4. The largest absolute Gasteiger partial charge is 0.341 e. The Morgan fingerprint density at radius 1 is 1.04 bits per heavy atom. The van der Waals surface area contributed by atoms with Crippen molar-refractivity contribution >= 4 is 35.7 Å². The molecule has 0 unspecified atom stereocenters. The lowest BCUT2D eigenvalue weighted by Crippen LogP contribution is -2.48. The second kappa shape index (κ2) is 9.88. The SMILES string of the molecule is Cl.N[C@@H](Cc1ccccc1)C(=O)N1CCC(C(=O)c2ccc(Cl)cc2)CC1. The van der Waals surface area contributed by atoms with E-state index < -0.39 is 6.04 Å². The van der Waals surface area contributed by atoms with Crippen LogP contribution in [0.1, 0.15) is 28.8 Å². The van der Waals surface area contributed by atoms with Crippen LogP contribution < -0.4 is 5.73 Å². The van der Waals surface area contributed by atoms with Crippen LogP contribution >= 0.6 is 24.0 Å². The predicted molar refractivity (Wildman–Crippen MR) is 110 cm³/mol. The number of rotatable bonds is 5. The Balaban J connectivity index is 0.00000261. The maximum atomic E-state index is 12.6. The van der Waals surface area contributed by atoms with Gasteiger partial charge in [-0.25, -0.2) is 0 Å². The zero-order valence-corrected chi connectivity index (χ0v) is 16.6. The van der Waals surface area contributed by atoms with Gasteiger partial charge in [-0.05, 0) is 49.1 Å². The van der Waals surface area contributed by atoms with Crippen molar-refractivity contribution in [3.05, 3.63) is 70.7 Å². The van der Waals surface area contributed by atoms with Crippen LogP contribution in [0.25, 0.3) is 0 Å². The van der Waals surface area contributed by atoms with Gasteiger partial charge in [-0.1, -0.05) is 41.9 Å². The van der Waals surface area contributed by atoms with E-state index in [1.165, 1.54) is 0 Å². The van der Waals surface area contributed by atoms with Crippen LogP contribution in [-0.4, -0.2) is 35.7 Å². The first-order valence-corrected chi connectivity index (χ1v) is 9.30. The van der Waals surface area contributed by atoms with Crippen LogP contribution in [0.5, 0.6) is 0 Å². The highest BCUT2D eigenvalue weighted by atomic mass is 35.5. The molecule has 144 valence electrons. The number of halogens is 2. The molecule has 1 saturated heterocycles. The van der Waals surface area contributed by atoms with E-state index in [0.717, 1.165) is 5.56 Å². The van der Waals surface area contributed by atoms with E-state index in [2.05, 4.69) is 0 Å². The van der Waals surface area contributed by atoms with Gasteiger partial charge in [0.15, 0.2) is 5.78 Å². The molecule has 1 amide bonds. The molecule has 0 radical (unpaired) electrons. The van der Waals surface area contributed by atoms with Crippen LogP contribution in [0.3, 0.4) is 0 Å². The maximum Gasteiger partial charge on any atom is 0.239 e. The standard InChI is InChI=1S/C21H23ClN2O2.ClH/c22-18-8-6-16(7-9-18)20(25)17-10-12-24(13-11-17)21(26)19(23)14-15-4-2-1-3-5-15;/h1-9,17,19H,10-14,23H2;1H/t19-;/m0./s1. The van der Waals surface area contributed by atoms with Crippen LogP contribution in [-0.2, 0) is 11.2 Å². The number of ketones is 1. The average Bonchev–Trinajstić information content (AvgIpc) is 2.68. The third-order valence-corrected chi connectivity index (χ3v) is 5.17. The fraction of sp³-hybridized carbons (Fsp3) is 0.333. The minimum Gasteiger partial charge on any atom is -0.341 e. The van der Waals surface area contributed by atoms with Gasteiger partial charge in [-0.3, -0.25) is 9.59 Å². The van der Waals surface area contributed by atoms with Gasteiger partial charge >= 0.3 is 0 Å². The molecule has 0 spiro atoms. The van der Waals surface area contributed by atoms with Gasteiger partial charge in [-0.15, -0.1) is 12.4 Å². The molecule has 1 heterocycles. The zero-order valence-electron chi connectivity index (χ0n) is 15.0. The number of carbonyl (C=O) groups is 2. The van der Waals surface area contributed by atoms with Gasteiger partial charge in [0.1, 0.15) is 0 Å². The summed E-state index contributed by atoms with van der Waals surface area (Å²) in [5.74, 6) is 0.0409. The third-order valence-electron chi connectivity index (χ3n) is 4.92. The summed E-state index contributed by atoms with van der Waals surface area (Å²) < 4.78 is 0. The van der Waals surface area contributed by atoms with Crippen molar-refractivity contribution in [3.8, 4) is 0 Å². The Morgan fingerprint density at radius 3 is 2.22 bits per heavy atom. The van der Waals surface area contributed by atoms with E-state index in [-0.39, 0.29) is 30.0 Å². The lowest BCUT2D eigenvalue weighted by atomic mass is 9.88. The number of nitrogens with zero attached hydrogens (tertiary/aromatic N) is 1. The monoisotopic (exact) mass is 406 g/mol. The Labute approximate surface area is 171 Å². The summed E-state index contributed by atoms with van der Waals surface area (Å²) >= 11 is 5.88. The number of amides is 1. The Hall–Kier alpha value is -1.88. The third kappa shape index (κ3) is 5.55. The fourth-order valence-corrected chi connectivity index (χ4v) is 3.53. The Kier molecular flexibility index (Phi) is 7.84. The molecule has 1 atom stereocenters. The maximum absolute atomic E-state index is 12.6. The summed E-state index contributed by atoms with van der Waals surface area (Å²) in [4.78, 5) is 27.0. The number of likely N-dealkylation sites (tertiary alicyclic amines) is 1. The van der Waals surface area contributed by atoms with Crippen molar-refractivity contribution in [2.45, 2.75) is 25.3 Å². The molecule has 4 nitrogen and oxygen atoms in total. The summed E-state index contributed by atoms with van der Waals surface area (Å²) in [6.07, 6.45) is 1.87. The summed E-state index contributed by atoms with van der Waals surface area (Å²) in [5.41, 5.74) is 7.85. The number of hydrogen-bond donors (Lipinski definition) is 1. The number of carbonyl (C=O) groups excluding carboxylic acids is 2. The number of nitrogens with two attached hydrogens (primary N) is 1. The van der Waals surface area contributed by atoms with E-state index >= 15 is 0 Å². The molecule has 2 aromatic rings. The molecule has 0 saturated carbocycles. The second-order valence-electron chi connectivity index (χ2n) is 6.77. The molecule has 1 fully saturated rings. The smallest absolute Gasteiger partial charge is 0.239 e. The van der Waals surface area contributed by atoms with Crippen molar-refractivity contribution < 1.29 is 9.59 Å². The first-order chi connectivity index (χ1) is 12.5. The van der Waals surface area contributed by atoms with Crippen LogP contribution in [0, 0.1) is 5.92 Å². The number of Topliss-reactive ketones (excluding diaryl/α,β-unsaturated/α-hetero) is 1. The van der Waals surface area contributed by atoms with Crippen molar-refractivity contribution in [2.24, 2.45) is 11.7 Å². The molecular weight excluding hydrogens is 383 g/mol. The van der Waals surface area contributed by atoms with Gasteiger partial charge in [0, 0.05) is 29.6 Å². The van der Waals surface area contributed by atoms with Crippen LogP contribution in [0.4, 0.5) is 0 Å². The lowest BCUT2D eigenvalue weighted by molar-refractivity contribution is -0.133. The van der Waals surface area contributed by atoms with Gasteiger partial charge in [0.2, 0.25) is 5.91 Å². The van der Waals surface area contributed by atoms with E-state index in [0.29, 0.717) is 42.9 Å². The van der Waals surface area contributed by atoms with Crippen molar-refractivity contribution in [1.82, 2.24) is 4.90 Å². The predicted octanol–water partition coefficient (Wildman–Crippen LogP) is 3.75. The second-order valence-corrected chi connectivity index (χ2v) is 7.20. The summed E-state index contributed by atoms with van der Waals surface area (Å²) in [7, 11) is 0. The number of piperidine rings is 1. The quantitative estimate of drug-likeness (QED) is 0.768. The highest BCUT2D eigenvalue weighted by Gasteiger charge is 2.30. The molecule has 3 rings (SSSR count). The fourth-order valence-electron chi connectivity index (χ4n) is 3.40. The molecule has 2 N–H and O–H groups in total. The molecule has 6 heteroatoms. The topological polar surface area (TPSA) is 63.4 Å². The van der Waals surface area contributed by atoms with Crippen LogP contribution in [0.15, 0.2) is 54.6 Å². The molecule has 0 aliphatic carbocycles. The normalized spacial score (nSPS) is 15.7. The van der Waals surface area contributed by atoms with Gasteiger partial charge in [0.05, 0.1) is 6.04 Å². The van der Waals surface area contributed by atoms with E-state index in [9.17, 15) is 9.59 Å². The molecule has 2 aromatic carbocycles.